The third-order valence-electron chi connectivity index (χ3n) is 1.44. The molecule has 0 saturated carbocycles. The molecule has 1 rings (SSSR count). The van der Waals surface area contributed by atoms with Gasteiger partial charge in [0.05, 0.1) is 10.5 Å². The summed E-state index contributed by atoms with van der Waals surface area (Å²) in [5.74, 6) is -1.41. The van der Waals surface area contributed by atoms with Crippen LogP contribution in [0.3, 0.4) is 0 Å². The van der Waals surface area contributed by atoms with Gasteiger partial charge in [-0.15, -0.1) is 0 Å². The van der Waals surface area contributed by atoms with Gasteiger partial charge in [-0.1, -0.05) is 0 Å². The summed E-state index contributed by atoms with van der Waals surface area (Å²) in [7, 11) is 0. The molecule has 1 unspecified atom stereocenters. The molecule has 1 aromatic carbocycles. The molecule has 0 fully saturated rings. The first-order valence-corrected chi connectivity index (χ1v) is 4.36. The van der Waals surface area contributed by atoms with E-state index in [1.54, 1.807) is 0 Å². The molecule has 1 atom stereocenters. The minimum atomic E-state index is -4.68. The van der Waals surface area contributed by atoms with E-state index in [9.17, 15) is 26.3 Å². The summed E-state index contributed by atoms with van der Waals surface area (Å²) in [6, 6.07) is 1.22. The zero-order chi connectivity index (χ0) is 10.9. The number of hydrogen-bond donors (Lipinski definition) is 0. The Balaban J connectivity index is 0.00000196. The Morgan fingerprint density at radius 1 is 1.27 bits per heavy atom. The largest absolute Gasteiger partial charge is 1.00 e. The maximum atomic E-state index is 12.7. The molecule has 0 saturated heterocycles. The molecule has 2 nitrogen and oxygen atoms in total. The topological polar surface area (TPSA) is 40.1 Å². The van der Waals surface area contributed by atoms with Crippen LogP contribution in [-0.4, -0.2) is 8.76 Å². The number of halogens is 4. The molecule has 0 amide bonds. The van der Waals surface area contributed by atoms with Gasteiger partial charge in [0.15, 0.2) is 0 Å². The summed E-state index contributed by atoms with van der Waals surface area (Å²) in [6.45, 7) is 0. The quantitative estimate of drug-likeness (QED) is 0.367. The molecule has 0 spiro atoms. The van der Waals surface area contributed by atoms with Crippen molar-refractivity contribution in [1.29, 1.82) is 0 Å². The fourth-order valence-corrected chi connectivity index (χ4v) is 1.21. The third-order valence-corrected chi connectivity index (χ3v) is 2.13. The zero-order valence-corrected chi connectivity index (χ0v) is 10.3. The second-order valence-corrected chi connectivity index (χ2v) is 3.29. The van der Waals surface area contributed by atoms with E-state index in [1.165, 1.54) is 0 Å². The molecule has 0 aromatic heterocycles. The van der Waals surface area contributed by atoms with E-state index >= 15 is 0 Å². The molecule has 8 heteroatoms. The average molecular weight is 250 g/mol. The SMILES string of the molecule is O=S([O-])c1ccc(C(F)(F)F)cc1F.[Na+]. The Hall–Kier alpha value is 0.0500. The van der Waals surface area contributed by atoms with Crippen LogP contribution in [0.2, 0.25) is 0 Å². The first kappa shape index (κ1) is 15.0. The van der Waals surface area contributed by atoms with Crippen LogP contribution in [0.5, 0.6) is 0 Å². The van der Waals surface area contributed by atoms with E-state index in [4.69, 9.17) is 0 Å². The average Bonchev–Trinajstić information content (AvgIpc) is 2.01. The van der Waals surface area contributed by atoms with Crippen LogP contribution in [0.1, 0.15) is 5.56 Å². The predicted molar refractivity (Wildman–Crippen MR) is 38.6 cm³/mol. The van der Waals surface area contributed by atoms with E-state index in [0.29, 0.717) is 12.1 Å². The van der Waals surface area contributed by atoms with Gasteiger partial charge in [0.2, 0.25) is 0 Å². The van der Waals surface area contributed by atoms with Crippen molar-refractivity contribution in [3.63, 3.8) is 0 Å². The second kappa shape index (κ2) is 5.40. The van der Waals surface area contributed by atoms with Crippen LogP contribution in [0.25, 0.3) is 0 Å². The molecule has 0 N–H and O–H groups in total. The van der Waals surface area contributed by atoms with Crippen molar-refractivity contribution in [2.45, 2.75) is 11.1 Å². The Labute approximate surface area is 107 Å². The van der Waals surface area contributed by atoms with Crippen molar-refractivity contribution in [3.05, 3.63) is 29.6 Å². The predicted octanol–water partition coefficient (Wildman–Crippen LogP) is -0.913. The van der Waals surface area contributed by atoms with E-state index < -0.39 is 33.5 Å². The Morgan fingerprint density at radius 2 is 1.80 bits per heavy atom. The van der Waals surface area contributed by atoms with E-state index in [1.807, 2.05) is 0 Å². The Morgan fingerprint density at radius 3 is 2.13 bits per heavy atom. The van der Waals surface area contributed by atoms with E-state index in [2.05, 4.69) is 0 Å². The van der Waals surface area contributed by atoms with Crippen molar-refractivity contribution >= 4 is 11.1 Å². The molecule has 0 heterocycles. The molecule has 0 aliphatic rings. The summed E-state index contributed by atoms with van der Waals surface area (Å²) in [5.41, 5.74) is -1.22. The van der Waals surface area contributed by atoms with Crippen molar-refractivity contribution in [2.75, 3.05) is 0 Å². The van der Waals surface area contributed by atoms with Crippen LogP contribution >= 0.6 is 0 Å². The number of benzene rings is 1. The van der Waals surface area contributed by atoms with Gasteiger partial charge < -0.3 is 4.55 Å². The number of hydrogen-bond acceptors (Lipinski definition) is 2. The van der Waals surface area contributed by atoms with Crippen LogP contribution < -0.4 is 29.6 Å². The summed E-state index contributed by atoms with van der Waals surface area (Å²) in [4.78, 5) is -0.780. The van der Waals surface area contributed by atoms with Crippen molar-refractivity contribution in [2.24, 2.45) is 0 Å². The van der Waals surface area contributed by atoms with Crippen LogP contribution in [0.15, 0.2) is 23.1 Å². The third kappa shape index (κ3) is 3.84. The minimum Gasteiger partial charge on any atom is -0.768 e. The van der Waals surface area contributed by atoms with Gasteiger partial charge in [-0.05, 0) is 29.3 Å². The zero-order valence-electron chi connectivity index (χ0n) is 7.47. The van der Waals surface area contributed by atoms with E-state index in [0.717, 1.165) is 0 Å². The van der Waals surface area contributed by atoms with Gasteiger partial charge in [0.25, 0.3) is 0 Å². The number of rotatable bonds is 1. The molecular weight excluding hydrogens is 247 g/mol. The minimum absolute atomic E-state index is 0. The summed E-state index contributed by atoms with van der Waals surface area (Å²) in [6.07, 6.45) is -4.68. The molecule has 15 heavy (non-hydrogen) atoms. The smallest absolute Gasteiger partial charge is 0.768 e. The van der Waals surface area contributed by atoms with Crippen molar-refractivity contribution in [3.8, 4) is 0 Å². The first-order valence-electron chi connectivity index (χ1n) is 3.28. The normalized spacial score (nSPS) is 13.1. The Bertz CT molecular complexity index is 380. The fourth-order valence-electron chi connectivity index (χ4n) is 0.812. The molecule has 0 bridgehead atoms. The van der Waals surface area contributed by atoms with Crippen LogP contribution in [0.4, 0.5) is 17.6 Å². The molecule has 1 aromatic rings. The maximum Gasteiger partial charge on any atom is 1.00 e. The first-order chi connectivity index (χ1) is 6.32. The summed E-state index contributed by atoms with van der Waals surface area (Å²) in [5, 5.41) is 0. The Kier molecular flexibility index (Phi) is 5.42. The summed E-state index contributed by atoms with van der Waals surface area (Å²) < 4.78 is 69.2. The molecule has 78 valence electrons. The van der Waals surface area contributed by atoms with Gasteiger partial charge in [0.1, 0.15) is 5.82 Å². The van der Waals surface area contributed by atoms with Crippen LogP contribution in [-0.2, 0) is 17.3 Å². The van der Waals surface area contributed by atoms with Gasteiger partial charge in [0, 0.05) is 0 Å². The number of alkyl halides is 3. The molecular formula is C7H3F4NaO2S. The van der Waals surface area contributed by atoms with Gasteiger partial charge in [-0.2, -0.15) is 13.2 Å². The summed E-state index contributed by atoms with van der Waals surface area (Å²) >= 11 is -2.87. The van der Waals surface area contributed by atoms with Gasteiger partial charge >= 0.3 is 35.7 Å². The van der Waals surface area contributed by atoms with Gasteiger partial charge in [-0.3, -0.25) is 4.21 Å². The molecule has 0 radical (unpaired) electrons. The van der Waals surface area contributed by atoms with Crippen molar-refractivity contribution < 1.29 is 55.9 Å². The van der Waals surface area contributed by atoms with Crippen molar-refractivity contribution in [1.82, 2.24) is 0 Å². The maximum absolute atomic E-state index is 12.7. The van der Waals surface area contributed by atoms with Gasteiger partial charge in [-0.25, -0.2) is 4.39 Å². The molecule has 0 aliphatic heterocycles. The fraction of sp³-hybridized carbons (Fsp3) is 0.143. The van der Waals surface area contributed by atoms with E-state index in [-0.39, 0.29) is 35.6 Å². The monoisotopic (exact) mass is 250 g/mol. The standard InChI is InChI=1S/C7H4F4O2S.Na/c8-5-3-4(7(9,10)11)1-2-6(5)14(12)13;/h1-3H,(H,12,13);/q;+1/p-1. The molecule has 0 aliphatic carbocycles. The second-order valence-electron chi connectivity index (χ2n) is 2.38. The van der Waals surface area contributed by atoms with Crippen LogP contribution in [0, 0.1) is 5.82 Å².